The van der Waals surface area contributed by atoms with E-state index in [4.69, 9.17) is 5.73 Å². The monoisotopic (exact) mass is 205 g/mol. The Balaban J connectivity index is 1.88. The molecular formula is C12H19N3. The molecule has 15 heavy (non-hydrogen) atoms. The van der Waals surface area contributed by atoms with Crippen LogP contribution < -0.4 is 5.73 Å². The molecule has 1 aromatic rings. The molecule has 1 aromatic heterocycles. The van der Waals surface area contributed by atoms with E-state index in [1.807, 2.05) is 18.3 Å². The average Bonchev–Trinajstić information content (AvgIpc) is 2.58. The fourth-order valence-electron chi connectivity index (χ4n) is 2.24. The number of nitrogens with zero attached hydrogens (tertiary/aromatic N) is 2. The lowest BCUT2D eigenvalue weighted by Crippen LogP contribution is -2.42. The molecule has 1 atom stereocenters. The number of hydrogen-bond acceptors (Lipinski definition) is 3. The van der Waals surface area contributed by atoms with Crippen molar-refractivity contribution in [1.82, 2.24) is 9.88 Å². The molecule has 2 rings (SSSR count). The summed E-state index contributed by atoms with van der Waals surface area (Å²) in [5.74, 6) is 0. The third-order valence-electron chi connectivity index (χ3n) is 3.18. The van der Waals surface area contributed by atoms with E-state index in [-0.39, 0.29) is 5.54 Å². The summed E-state index contributed by atoms with van der Waals surface area (Å²) in [5, 5.41) is 0. The molecule has 0 bridgehead atoms. The Labute approximate surface area is 91.3 Å². The molecular weight excluding hydrogens is 186 g/mol. The molecule has 2 heterocycles. The molecule has 2 N–H and O–H groups in total. The highest BCUT2D eigenvalue weighted by Crippen LogP contribution is 2.22. The topological polar surface area (TPSA) is 42.1 Å². The Morgan fingerprint density at radius 1 is 1.53 bits per heavy atom. The summed E-state index contributed by atoms with van der Waals surface area (Å²) in [5.41, 5.74) is 7.48. The quantitative estimate of drug-likeness (QED) is 0.802. The first kappa shape index (κ1) is 10.6. The molecule has 3 heteroatoms. The molecule has 1 unspecified atom stereocenters. The second-order valence-electron chi connectivity index (χ2n) is 4.67. The normalized spacial score (nSPS) is 27.1. The van der Waals surface area contributed by atoms with Crippen LogP contribution in [-0.4, -0.2) is 35.6 Å². The van der Waals surface area contributed by atoms with Crippen molar-refractivity contribution in [1.29, 1.82) is 0 Å². The van der Waals surface area contributed by atoms with E-state index in [2.05, 4.69) is 23.0 Å². The summed E-state index contributed by atoms with van der Waals surface area (Å²) in [6.07, 6.45) is 4.98. The zero-order valence-corrected chi connectivity index (χ0v) is 9.32. The molecule has 0 saturated carbocycles. The number of pyridine rings is 1. The van der Waals surface area contributed by atoms with Crippen LogP contribution in [0, 0.1) is 0 Å². The summed E-state index contributed by atoms with van der Waals surface area (Å²) < 4.78 is 0. The third kappa shape index (κ3) is 2.76. The Morgan fingerprint density at radius 2 is 2.40 bits per heavy atom. The molecule has 0 spiro atoms. The first-order valence-corrected chi connectivity index (χ1v) is 5.55. The van der Waals surface area contributed by atoms with Crippen molar-refractivity contribution in [3.8, 4) is 0 Å². The standard InChI is InChI=1S/C12H19N3/c1-15-9-7-12(13,10-15)6-5-11-4-2-3-8-14-11/h2-4,8H,5-7,9-10,13H2,1H3. The number of aryl methyl sites for hydroxylation is 1. The van der Waals surface area contributed by atoms with Crippen molar-refractivity contribution in [2.75, 3.05) is 20.1 Å². The summed E-state index contributed by atoms with van der Waals surface area (Å²) in [7, 11) is 2.13. The second-order valence-corrected chi connectivity index (χ2v) is 4.67. The average molecular weight is 205 g/mol. The van der Waals surface area contributed by atoms with Crippen molar-refractivity contribution in [3.05, 3.63) is 30.1 Å². The van der Waals surface area contributed by atoms with Gasteiger partial charge < -0.3 is 10.6 Å². The zero-order valence-electron chi connectivity index (χ0n) is 9.32. The highest BCUT2D eigenvalue weighted by atomic mass is 15.2. The SMILES string of the molecule is CN1CCC(N)(CCc2ccccn2)C1. The predicted molar refractivity (Wildman–Crippen MR) is 61.6 cm³/mol. The lowest BCUT2D eigenvalue weighted by atomic mass is 9.93. The smallest absolute Gasteiger partial charge is 0.0404 e. The Bertz CT molecular complexity index is 312. The fourth-order valence-corrected chi connectivity index (χ4v) is 2.24. The van der Waals surface area contributed by atoms with Gasteiger partial charge in [0.25, 0.3) is 0 Å². The van der Waals surface area contributed by atoms with Crippen LogP contribution in [-0.2, 0) is 6.42 Å². The Morgan fingerprint density at radius 3 is 3.00 bits per heavy atom. The second kappa shape index (κ2) is 4.29. The molecule has 3 nitrogen and oxygen atoms in total. The van der Waals surface area contributed by atoms with Crippen LogP contribution in [0.5, 0.6) is 0 Å². The van der Waals surface area contributed by atoms with E-state index in [1.165, 1.54) is 0 Å². The van der Waals surface area contributed by atoms with Gasteiger partial charge in [0.15, 0.2) is 0 Å². The van der Waals surface area contributed by atoms with Crippen LogP contribution in [0.1, 0.15) is 18.5 Å². The first-order chi connectivity index (χ1) is 7.18. The lowest BCUT2D eigenvalue weighted by Gasteiger charge is -2.23. The molecule has 0 aliphatic carbocycles. The summed E-state index contributed by atoms with van der Waals surface area (Å²) in [6, 6.07) is 6.05. The van der Waals surface area contributed by atoms with E-state index in [9.17, 15) is 0 Å². The van der Waals surface area contributed by atoms with E-state index < -0.39 is 0 Å². The highest BCUT2D eigenvalue weighted by molar-refractivity contribution is 5.05. The molecule has 1 fully saturated rings. The molecule has 82 valence electrons. The minimum absolute atomic E-state index is 0.00622. The fraction of sp³-hybridized carbons (Fsp3) is 0.583. The number of rotatable bonds is 3. The van der Waals surface area contributed by atoms with Gasteiger partial charge in [-0.2, -0.15) is 0 Å². The van der Waals surface area contributed by atoms with Gasteiger partial charge in [-0.3, -0.25) is 4.98 Å². The van der Waals surface area contributed by atoms with Crippen LogP contribution >= 0.6 is 0 Å². The van der Waals surface area contributed by atoms with Crippen molar-refractivity contribution in [2.45, 2.75) is 24.8 Å². The van der Waals surface area contributed by atoms with Crippen LogP contribution in [0.25, 0.3) is 0 Å². The van der Waals surface area contributed by atoms with Gasteiger partial charge in [-0.05, 0) is 45.0 Å². The highest BCUT2D eigenvalue weighted by Gasteiger charge is 2.31. The van der Waals surface area contributed by atoms with Crippen molar-refractivity contribution in [3.63, 3.8) is 0 Å². The Hall–Kier alpha value is -0.930. The van der Waals surface area contributed by atoms with Crippen molar-refractivity contribution >= 4 is 0 Å². The van der Waals surface area contributed by atoms with Crippen molar-refractivity contribution < 1.29 is 0 Å². The van der Waals surface area contributed by atoms with Gasteiger partial charge in [0.05, 0.1) is 0 Å². The van der Waals surface area contributed by atoms with E-state index >= 15 is 0 Å². The van der Waals surface area contributed by atoms with Gasteiger partial charge in [-0.25, -0.2) is 0 Å². The number of nitrogens with two attached hydrogens (primary N) is 1. The van der Waals surface area contributed by atoms with E-state index in [0.29, 0.717) is 0 Å². The van der Waals surface area contributed by atoms with Gasteiger partial charge in [0, 0.05) is 24.0 Å². The zero-order chi connectivity index (χ0) is 10.7. The molecule has 1 saturated heterocycles. The molecule has 0 radical (unpaired) electrons. The van der Waals surface area contributed by atoms with E-state index in [1.54, 1.807) is 0 Å². The van der Waals surface area contributed by atoms with Crippen LogP contribution in [0.15, 0.2) is 24.4 Å². The predicted octanol–water partition coefficient (Wildman–Crippen LogP) is 1.05. The minimum Gasteiger partial charge on any atom is -0.324 e. The molecule has 0 amide bonds. The first-order valence-electron chi connectivity index (χ1n) is 5.55. The maximum absolute atomic E-state index is 6.33. The van der Waals surface area contributed by atoms with Crippen molar-refractivity contribution in [2.24, 2.45) is 5.73 Å². The number of likely N-dealkylation sites (N-methyl/N-ethyl adjacent to an activating group) is 1. The lowest BCUT2D eigenvalue weighted by molar-refractivity contribution is 0.353. The minimum atomic E-state index is 0.00622. The number of hydrogen-bond donors (Lipinski definition) is 1. The van der Waals surface area contributed by atoms with Gasteiger partial charge >= 0.3 is 0 Å². The molecule has 1 aliphatic heterocycles. The third-order valence-corrected chi connectivity index (χ3v) is 3.18. The van der Waals surface area contributed by atoms with Crippen LogP contribution in [0.2, 0.25) is 0 Å². The van der Waals surface area contributed by atoms with Crippen LogP contribution in [0.4, 0.5) is 0 Å². The number of likely N-dealkylation sites (tertiary alicyclic amines) is 1. The summed E-state index contributed by atoms with van der Waals surface area (Å²) >= 11 is 0. The maximum atomic E-state index is 6.33. The molecule has 0 aromatic carbocycles. The molecule has 1 aliphatic rings. The van der Waals surface area contributed by atoms with Crippen LogP contribution in [0.3, 0.4) is 0 Å². The van der Waals surface area contributed by atoms with Gasteiger partial charge in [-0.15, -0.1) is 0 Å². The Kier molecular flexibility index (Phi) is 3.03. The largest absolute Gasteiger partial charge is 0.324 e. The summed E-state index contributed by atoms with van der Waals surface area (Å²) in [4.78, 5) is 6.62. The van der Waals surface area contributed by atoms with E-state index in [0.717, 1.165) is 38.0 Å². The van der Waals surface area contributed by atoms with Gasteiger partial charge in [0.2, 0.25) is 0 Å². The number of aromatic nitrogens is 1. The maximum Gasteiger partial charge on any atom is 0.0404 e. The van der Waals surface area contributed by atoms with Gasteiger partial charge in [-0.1, -0.05) is 6.07 Å². The summed E-state index contributed by atoms with van der Waals surface area (Å²) in [6.45, 7) is 2.14. The van der Waals surface area contributed by atoms with Gasteiger partial charge in [0.1, 0.15) is 0 Å².